The van der Waals surface area contributed by atoms with E-state index in [1.54, 1.807) is 0 Å². The Bertz CT molecular complexity index is 457. The van der Waals surface area contributed by atoms with Crippen LogP contribution >= 0.6 is 0 Å². The van der Waals surface area contributed by atoms with E-state index in [0.717, 1.165) is 0 Å². The first kappa shape index (κ1) is 12.2. The van der Waals surface area contributed by atoms with E-state index in [0.29, 0.717) is 0 Å². The summed E-state index contributed by atoms with van der Waals surface area (Å²) in [7, 11) is 0. The molecule has 0 N–H and O–H groups in total. The van der Waals surface area contributed by atoms with Gasteiger partial charge in [-0.15, -0.1) is 0 Å². The molecule has 0 unspecified atom stereocenters. The predicted octanol–water partition coefficient (Wildman–Crippen LogP) is 2.63. The molecule has 0 saturated heterocycles. The average Bonchev–Trinajstić information content (AvgIpc) is 2.40. The van der Waals surface area contributed by atoms with Crippen molar-refractivity contribution in [1.82, 2.24) is 0 Å². The van der Waals surface area contributed by atoms with Crippen molar-refractivity contribution in [2.45, 2.75) is 0 Å². The molecule has 0 aliphatic carbocycles. The SMILES string of the molecule is C=Cc1cc[c]([Sb][c]2ccc(C=C)cc2)cc1. The molecule has 0 amide bonds. The van der Waals surface area contributed by atoms with Crippen LogP contribution in [0.15, 0.2) is 61.7 Å². The molecule has 0 aliphatic heterocycles. The minimum atomic E-state index is -0.455. The molecule has 0 aromatic heterocycles. The van der Waals surface area contributed by atoms with Crippen LogP contribution in [0.3, 0.4) is 0 Å². The third-order valence-corrected chi connectivity index (χ3v) is 5.69. The first-order valence-electron chi connectivity index (χ1n) is 5.48. The van der Waals surface area contributed by atoms with E-state index >= 15 is 0 Å². The molecule has 0 spiro atoms. The first-order chi connectivity index (χ1) is 8.31. The summed E-state index contributed by atoms with van der Waals surface area (Å²) in [5.74, 6) is 0. The van der Waals surface area contributed by atoms with Crippen LogP contribution in [-0.4, -0.2) is 21.6 Å². The Morgan fingerprint density at radius 3 is 1.29 bits per heavy atom. The van der Waals surface area contributed by atoms with Crippen molar-refractivity contribution in [3.05, 3.63) is 72.8 Å². The summed E-state index contributed by atoms with van der Waals surface area (Å²) < 4.78 is 2.94. The minimum absolute atomic E-state index is 0.455. The zero-order chi connectivity index (χ0) is 12.1. The summed E-state index contributed by atoms with van der Waals surface area (Å²) in [6, 6.07) is 17.4. The van der Waals surface area contributed by atoms with Crippen LogP contribution in [0.5, 0.6) is 0 Å². The molecule has 2 aromatic rings. The maximum atomic E-state index is 3.77. The Morgan fingerprint density at radius 1 is 0.647 bits per heavy atom. The molecule has 0 nitrogen and oxygen atoms in total. The summed E-state index contributed by atoms with van der Waals surface area (Å²) in [4.78, 5) is 0. The van der Waals surface area contributed by atoms with E-state index in [9.17, 15) is 0 Å². The number of rotatable bonds is 4. The van der Waals surface area contributed by atoms with Crippen molar-refractivity contribution in [2.24, 2.45) is 0 Å². The third kappa shape index (κ3) is 3.34. The van der Waals surface area contributed by atoms with Crippen LogP contribution in [0, 0.1) is 0 Å². The summed E-state index contributed by atoms with van der Waals surface area (Å²) in [6.45, 7) is 7.53. The molecule has 1 heteroatoms. The normalized spacial score (nSPS) is 9.88. The van der Waals surface area contributed by atoms with Gasteiger partial charge in [0.25, 0.3) is 0 Å². The van der Waals surface area contributed by atoms with Crippen LogP contribution in [0.25, 0.3) is 12.2 Å². The second-order valence-corrected chi connectivity index (χ2v) is 7.29. The van der Waals surface area contributed by atoms with Crippen molar-refractivity contribution in [3.63, 3.8) is 0 Å². The van der Waals surface area contributed by atoms with Gasteiger partial charge in [-0.25, -0.2) is 0 Å². The van der Waals surface area contributed by atoms with E-state index in [-0.39, 0.29) is 0 Å². The van der Waals surface area contributed by atoms with E-state index < -0.39 is 21.6 Å². The summed E-state index contributed by atoms with van der Waals surface area (Å²) in [5, 5.41) is 0. The summed E-state index contributed by atoms with van der Waals surface area (Å²) in [6.07, 6.45) is 3.76. The van der Waals surface area contributed by atoms with Gasteiger partial charge in [-0.1, -0.05) is 0 Å². The van der Waals surface area contributed by atoms with Gasteiger partial charge in [0, 0.05) is 0 Å². The summed E-state index contributed by atoms with van der Waals surface area (Å²) >= 11 is -0.455. The van der Waals surface area contributed by atoms with Gasteiger partial charge in [0.2, 0.25) is 0 Å². The molecule has 0 saturated carbocycles. The predicted molar refractivity (Wildman–Crippen MR) is 78.1 cm³/mol. The van der Waals surface area contributed by atoms with E-state index in [1.165, 1.54) is 18.1 Å². The van der Waals surface area contributed by atoms with Crippen LogP contribution in [0.2, 0.25) is 0 Å². The second kappa shape index (κ2) is 5.89. The third-order valence-electron chi connectivity index (χ3n) is 2.52. The van der Waals surface area contributed by atoms with Gasteiger partial charge in [-0.3, -0.25) is 0 Å². The van der Waals surface area contributed by atoms with Gasteiger partial charge in [0.05, 0.1) is 0 Å². The fourth-order valence-corrected chi connectivity index (χ4v) is 4.07. The molecule has 0 fully saturated rings. The van der Waals surface area contributed by atoms with E-state index in [2.05, 4.69) is 61.7 Å². The fourth-order valence-electron chi connectivity index (χ4n) is 1.52. The van der Waals surface area contributed by atoms with Crippen molar-refractivity contribution in [3.8, 4) is 0 Å². The topological polar surface area (TPSA) is 0 Å². The van der Waals surface area contributed by atoms with Gasteiger partial charge >= 0.3 is 114 Å². The zero-order valence-corrected chi connectivity index (χ0v) is 12.2. The summed E-state index contributed by atoms with van der Waals surface area (Å²) in [5.41, 5.74) is 2.37. The van der Waals surface area contributed by atoms with E-state index in [1.807, 2.05) is 12.2 Å². The Morgan fingerprint density at radius 2 is 1.00 bits per heavy atom. The Hall–Kier alpha value is -1.26. The standard InChI is InChI=1S/2C8H7.Sb/c2*1-2-8-6-4-3-5-7-8;/h2*2,4-7H,1H2;. The number of hydrogen-bond donors (Lipinski definition) is 0. The maximum absolute atomic E-state index is 3.77. The second-order valence-electron chi connectivity index (χ2n) is 3.70. The Labute approximate surface area is 113 Å². The zero-order valence-electron chi connectivity index (χ0n) is 9.63. The molecular formula is C16H14Sb. The monoisotopic (exact) mass is 327 g/mol. The molecular weight excluding hydrogens is 314 g/mol. The van der Waals surface area contributed by atoms with E-state index in [4.69, 9.17) is 0 Å². The van der Waals surface area contributed by atoms with Crippen LogP contribution in [0.4, 0.5) is 0 Å². The fraction of sp³-hybridized carbons (Fsp3) is 0. The molecule has 2 aromatic carbocycles. The Balaban J connectivity index is 2.13. The Kier molecular flexibility index (Phi) is 4.23. The van der Waals surface area contributed by atoms with Crippen LogP contribution in [-0.2, 0) is 0 Å². The molecule has 83 valence electrons. The van der Waals surface area contributed by atoms with Gasteiger partial charge in [-0.05, 0) is 0 Å². The first-order valence-corrected chi connectivity index (χ1v) is 8.04. The molecule has 0 aliphatic rings. The molecule has 0 atom stereocenters. The molecule has 1 radical (unpaired) electrons. The van der Waals surface area contributed by atoms with Crippen molar-refractivity contribution in [2.75, 3.05) is 0 Å². The molecule has 2 rings (SSSR count). The van der Waals surface area contributed by atoms with Crippen LogP contribution < -0.4 is 7.02 Å². The quantitative estimate of drug-likeness (QED) is 0.757. The average molecular weight is 328 g/mol. The van der Waals surface area contributed by atoms with Gasteiger partial charge in [0.15, 0.2) is 0 Å². The van der Waals surface area contributed by atoms with Crippen molar-refractivity contribution < 1.29 is 0 Å². The van der Waals surface area contributed by atoms with Gasteiger partial charge < -0.3 is 0 Å². The van der Waals surface area contributed by atoms with Crippen molar-refractivity contribution in [1.29, 1.82) is 0 Å². The van der Waals surface area contributed by atoms with Crippen molar-refractivity contribution >= 4 is 40.8 Å². The molecule has 0 bridgehead atoms. The van der Waals surface area contributed by atoms with Crippen LogP contribution in [0.1, 0.15) is 11.1 Å². The number of benzene rings is 2. The van der Waals surface area contributed by atoms with Gasteiger partial charge in [0.1, 0.15) is 0 Å². The molecule has 0 heterocycles. The number of hydrogen-bond acceptors (Lipinski definition) is 0. The molecule has 17 heavy (non-hydrogen) atoms. The van der Waals surface area contributed by atoms with Gasteiger partial charge in [-0.2, -0.15) is 0 Å².